The predicted molar refractivity (Wildman–Crippen MR) is 114 cm³/mol. The van der Waals surface area contributed by atoms with Crippen LogP contribution in [0, 0.1) is 5.92 Å². The van der Waals surface area contributed by atoms with Crippen LogP contribution in [0.3, 0.4) is 0 Å². The van der Waals surface area contributed by atoms with E-state index in [4.69, 9.17) is 5.73 Å². The summed E-state index contributed by atoms with van der Waals surface area (Å²) < 4.78 is 39.9. The lowest BCUT2D eigenvalue weighted by atomic mass is 10.1. The SMILES string of the molecule is NC(=O)[C@H]1C[C@@H](n2nnc3c(NC4CC4)nc(Sc4ccc(C(F)(F)F)cc4)nc32)[C@H](O)[C@@H]1O. The maximum atomic E-state index is 12.9. The van der Waals surface area contributed by atoms with Crippen molar-refractivity contribution < 1.29 is 28.2 Å². The fourth-order valence-corrected chi connectivity index (χ4v) is 4.70. The Labute approximate surface area is 194 Å². The molecular formula is C20H20F3N7O3S. The van der Waals surface area contributed by atoms with E-state index in [1.807, 2.05) is 0 Å². The van der Waals surface area contributed by atoms with Gasteiger partial charge in [-0.3, -0.25) is 4.79 Å². The number of aliphatic hydroxyl groups excluding tert-OH is 2. The highest BCUT2D eigenvalue weighted by atomic mass is 32.2. The van der Waals surface area contributed by atoms with Gasteiger partial charge in [0.1, 0.15) is 6.10 Å². The summed E-state index contributed by atoms with van der Waals surface area (Å²) in [5.74, 6) is -1.28. The van der Waals surface area contributed by atoms with Crippen LogP contribution < -0.4 is 11.1 Å². The number of halogens is 3. The molecule has 2 aromatic heterocycles. The second-order valence-electron chi connectivity index (χ2n) is 8.40. The third kappa shape index (κ3) is 4.28. The minimum atomic E-state index is -4.44. The Bertz CT molecular complexity index is 1230. The summed E-state index contributed by atoms with van der Waals surface area (Å²) in [4.78, 5) is 21.1. The molecule has 0 radical (unpaired) electrons. The number of carbonyl (C=O) groups excluding carboxylic acids is 1. The lowest BCUT2D eigenvalue weighted by molar-refractivity contribution is -0.137. The molecule has 2 heterocycles. The average molecular weight is 495 g/mol. The van der Waals surface area contributed by atoms with Crippen molar-refractivity contribution in [2.24, 2.45) is 11.7 Å². The van der Waals surface area contributed by atoms with Crippen LogP contribution in [-0.2, 0) is 11.0 Å². The van der Waals surface area contributed by atoms with Gasteiger partial charge in [0.2, 0.25) is 5.91 Å². The largest absolute Gasteiger partial charge is 0.416 e. The Kier molecular flexibility index (Phi) is 5.61. The fourth-order valence-electron chi connectivity index (χ4n) is 3.95. The van der Waals surface area contributed by atoms with Crippen molar-refractivity contribution in [2.45, 2.75) is 59.8 Å². The third-order valence-corrected chi connectivity index (χ3v) is 6.82. The molecule has 1 amide bonds. The van der Waals surface area contributed by atoms with Gasteiger partial charge in [-0.15, -0.1) is 5.10 Å². The molecule has 180 valence electrons. The highest BCUT2D eigenvalue weighted by Crippen LogP contribution is 2.38. The summed E-state index contributed by atoms with van der Waals surface area (Å²) in [6.07, 6.45) is -5.15. The second-order valence-corrected chi connectivity index (χ2v) is 9.44. The lowest BCUT2D eigenvalue weighted by Crippen LogP contribution is -2.35. The normalized spacial score (nSPS) is 25.1. The first-order valence-corrected chi connectivity index (χ1v) is 11.3. The first kappa shape index (κ1) is 22.8. The molecule has 14 heteroatoms. The number of rotatable bonds is 6. The van der Waals surface area contributed by atoms with Crippen LogP contribution in [0.15, 0.2) is 34.3 Å². The van der Waals surface area contributed by atoms with Gasteiger partial charge in [-0.2, -0.15) is 13.2 Å². The molecule has 34 heavy (non-hydrogen) atoms. The van der Waals surface area contributed by atoms with E-state index < -0.39 is 41.8 Å². The Morgan fingerprint density at radius 1 is 1.15 bits per heavy atom. The Balaban J connectivity index is 1.51. The van der Waals surface area contributed by atoms with Crippen molar-refractivity contribution in [3.63, 3.8) is 0 Å². The van der Waals surface area contributed by atoms with E-state index in [9.17, 15) is 28.2 Å². The van der Waals surface area contributed by atoms with Crippen LogP contribution in [0.1, 0.15) is 30.9 Å². The molecule has 2 aliphatic carbocycles. The maximum absolute atomic E-state index is 12.9. The van der Waals surface area contributed by atoms with Crippen molar-refractivity contribution in [1.29, 1.82) is 0 Å². The van der Waals surface area contributed by atoms with Crippen LogP contribution in [0.5, 0.6) is 0 Å². The molecule has 0 saturated heterocycles. The number of carbonyl (C=O) groups is 1. The van der Waals surface area contributed by atoms with Crippen molar-refractivity contribution in [2.75, 3.05) is 5.32 Å². The molecule has 10 nitrogen and oxygen atoms in total. The Morgan fingerprint density at radius 3 is 2.44 bits per heavy atom. The number of benzene rings is 1. The summed E-state index contributed by atoms with van der Waals surface area (Å²) in [7, 11) is 0. The number of fused-ring (bicyclic) bond motifs is 1. The minimum absolute atomic E-state index is 0.0485. The van der Waals surface area contributed by atoms with Gasteiger partial charge in [-0.25, -0.2) is 14.6 Å². The summed E-state index contributed by atoms with van der Waals surface area (Å²) in [5.41, 5.74) is 5.19. The van der Waals surface area contributed by atoms with E-state index in [0.717, 1.165) is 36.7 Å². The van der Waals surface area contributed by atoms with Crippen LogP contribution >= 0.6 is 11.8 Å². The van der Waals surface area contributed by atoms with Crippen molar-refractivity contribution in [3.8, 4) is 0 Å². The zero-order valence-corrected chi connectivity index (χ0v) is 18.3. The molecule has 5 rings (SSSR count). The van der Waals surface area contributed by atoms with Crippen LogP contribution in [0.4, 0.5) is 19.0 Å². The molecule has 1 aromatic carbocycles. The van der Waals surface area contributed by atoms with Gasteiger partial charge in [0.25, 0.3) is 0 Å². The van der Waals surface area contributed by atoms with Crippen molar-refractivity contribution in [3.05, 3.63) is 29.8 Å². The van der Waals surface area contributed by atoms with E-state index in [2.05, 4.69) is 25.6 Å². The van der Waals surface area contributed by atoms with Gasteiger partial charge in [0.05, 0.1) is 23.6 Å². The van der Waals surface area contributed by atoms with E-state index in [0.29, 0.717) is 16.2 Å². The topological polar surface area (TPSA) is 152 Å². The Hall–Kier alpha value is -2.97. The molecule has 2 saturated carbocycles. The molecule has 0 unspecified atom stereocenters. The van der Waals surface area contributed by atoms with Crippen LogP contribution in [0.2, 0.25) is 0 Å². The number of primary amides is 1. The number of aromatic nitrogens is 5. The van der Waals surface area contributed by atoms with Crippen LogP contribution in [0.25, 0.3) is 11.2 Å². The molecule has 0 bridgehead atoms. The highest BCUT2D eigenvalue weighted by Gasteiger charge is 2.46. The number of alkyl halides is 3. The van der Waals surface area contributed by atoms with E-state index in [1.54, 1.807) is 0 Å². The first-order valence-electron chi connectivity index (χ1n) is 10.5. The monoisotopic (exact) mass is 495 g/mol. The molecular weight excluding hydrogens is 475 g/mol. The first-order chi connectivity index (χ1) is 16.1. The smallest absolute Gasteiger partial charge is 0.390 e. The summed E-state index contributed by atoms with van der Waals surface area (Å²) in [6, 6.07) is 4.04. The van der Waals surface area contributed by atoms with Crippen molar-refractivity contribution >= 4 is 34.7 Å². The molecule has 0 aliphatic heterocycles. The number of anilines is 1. The van der Waals surface area contributed by atoms with Gasteiger partial charge in [0, 0.05) is 10.9 Å². The number of hydrogen-bond donors (Lipinski definition) is 4. The fraction of sp³-hybridized carbons (Fsp3) is 0.450. The Morgan fingerprint density at radius 2 is 1.85 bits per heavy atom. The van der Waals surface area contributed by atoms with E-state index in [-0.39, 0.29) is 23.3 Å². The standard InChI is InChI=1S/C20H20F3N7O3S/c21-20(22,23)8-1-5-10(6-2-8)34-19-26-17(25-9-3-4-9)13-18(27-19)30(29-28-13)12-7-11(16(24)33)14(31)15(12)32/h1-2,5-6,9,11-12,14-15,31-32H,3-4,7H2,(H2,24,33)(H,25,26,27)/t11-,12+,14+,15-/m0/s1. The van der Waals surface area contributed by atoms with Gasteiger partial charge < -0.3 is 21.3 Å². The summed E-state index contributed by atoms with van der Waals surface area (Å²) >= 11 is 1.06. The molecule has 0 spiro atoms. The molecule has 3 aromatic rings. The third-order valence-electron chi connectivity index (χ3n) is 5.94. The number of nitrogens with one attached hydrogen (secondary N) is 1. The molecule has 2 aliphatic rings. The van der Waals surface area contributed by atoms with E-state index >= 15 is 0 Å². The quantitative estimate of drug-likeness (QED) is 0.375. The average Bonchev–Trinajstić information content (AvgIpc) is 3.41. The molecule has 2 fully saturated rings. The molecule has 5 N–H and O–H groups in total. The number of amides is 1. The second kappa shape index (κ2) is 8.36. The van der Waals surface area contributed by atoms with Gasteiger partial charge in [0.15, 0.2) is 22.1 Å². The summed E-state index contributed by atoms with van der Waals surface area (Å²) in [5, 5.41) is 32.5. The van der Waals surface area contributed by atoms with Crippen molar-refractivity contribution in [1.82, 2.24) is 25.0 Å². The number of nitrogens with zero attached hydrogens (tertiary/aromatic N) is 5. The van der Waals surface area contributed by atoms with Gasteiger partial charge in [-0.1, -0.05) is 5.21 Å². The zero-order chi connectivity index (χ0) is 24.2. The van der Waals surface area contributed by atoms with Crippen LogP contribution in [-0.4, -0.2) is 59.3 Å². The number of hydrogen-bond acceptors (Lipinski definition) is 9. The van der Waals surface area contributed by atoms with Gasteiger partial charge >= 0.3 is 6.18 Å². The number of nitrogens with two attached hydrogens (primary N) is 1. The lowest BCUT2D eigenvalue weighted by Gasteiger charge is -2.17. The van der Waals surface area contributed by atoms with Gasteiger partial charge in [-0.05, 0) is 55.3 Å². The minimum Gasteiger partial charge on any atom is -0.390 e. The number of aliphatic hydroxyl groups is 2. The highest BCUT2D eigenvalue weighted by molar-refractivity contribution is 7.99. The summed E-state index contributed by atoms with van der Waals surface area (Å²) in [6.45, 7) is 0. The zero-order valence-electron chi connectivity index (χ0n) is 17.5. The maximum Gasteiger partial charge on any atom is 0.416 e. The predicted octanol–water partition coefficient (Wildman–Crippen LogP) is 1.73. The molecule has 4 atom stereocenters. The van der Waals surface area contributed by atoms with E-state index in [1.165, 1.54) is 16.8 Å².